The van der Waals surface area contributed by atoms with Crippen molar-refractivity contribution < 1.29 is 0 Å². The van der Waals surface area contributed by atoms with Crippen LogP contribution in [0.25, 0.3) is 10.2 Å². The Morgan fingerprint density at radius 2 is 2.28 bits per heavy atom. The molecule has 3 rings (SSSR count). The summed E-state index contributed by atoms with van der Waals surface area (Å²) in [5, 5.41) is 6.08. The number of fused-ring (bicyclic) bond motifs is 1. The van der Waals surface area contributed by atoms with Crippen LogP contribution in [-0.2, 0) is 13.1 Å². The topological polar surface area (TPSA) is 52.7 Å². The number of aromatic nitrogens is 4. The minimum atomic E-state index is 0.0326. The van der Waals surface area contributed by atoms with E-state index < -0.39 is 0 Å². The van der Waals surface area contributed by atoms with E-state index in [-0.39, 0.29) is 5.56 Å². The smallest absolute Gasteiger partial charge is 0.271 e. The molecular weight excluding hydrogens is 248 g/mol. The summed E-state index contributed by atoms with van der Waals surface area (Å²) in [6.07, 6.45) is 5.23. The van der Waals surface area contributed by atoms with Gasteiger partial charge in [-0.05, 0) is 23.9 Å². The van der Waals surface area contributed by atoms with Crippen molar-refractivity contribution in [3.05, 3.63) is 46.1 Å². The Labute approximate surface area is 107 Å². The molecule has 0 radical (unpaired) electrons. The SMILES string of the molecule is Cc1csc2c(=O)n(CCn3cccn3)cnc12. The summed E-state index contributed by atoms with van der Waals surface area (Å²) < 4.78 is 4.17. The summed E-state index contributed by atoms with van der Waals surface area (Å²) in [4.78, 5) is 16.6. The van der Waals surface area contributed by atoms with Crippen LogP contribution in [0.2, 0.25) is 0 Å². The summed E-state index contributed by atoms with van der Waals surface area (Å²) in [5.41, 5.74) is 1.91. The molecule has 0 unspecified atom stereocenters. The highest BCUT2D eigenvalue weighted by Crippen LogP contribution is 2.19. The van der Waals surface area contributed by atoms with Crippen LogP contribution < -0.4 is 5.56 Å². The van der Waals surface area contributed by atoms with Gasteiger partial charge in [-0.2, -0.15) is 5.10 Å². The number of hydrogen-bond acceptors (Lipinski definition) is 4. The third-order valence-electron chi connectivity index (χ3n) is 2.85. The Balaban J connectivity index is 1.93. The minimum Gasteiger partial charge on any atom is -0.296 e. The van der Waals surface area contributed by atoms with E-state index in [1.165, 1.54) is 11.3 Å². The van der Waals surface area contributed by atoms with E-state index >= 15 is 0 Å². The molecule has 3 heterocycles. The first-order valence-corrected chi connectivity index (χ1v) is 6.54. The number of hydrogen-bond donors (Lipinski definition) is 0. The van der Waals surface area contributed by atoms with Gasteiger partial charge in [0.1, 0.15) is 4.70 Å². The van der Waals surface area contributed by atoms with Gasteiger partial charge in [0, 0.05) is 18.9 Å². The second-order valence-electron chi connectivity index (χ2n) is 4.11. The second-order valence-corrected chi connectivity index (χ2v) is 4.99. The van der Waals surface area contributed by atoms with Crippen molar-refractivity contribution >= 4 is 21.6 Å². The molecule has 92 valence electrons. The molecule has 0 atom stereocenters. The molecule has 5 nitrogen and oxygen atoms in total. The average molecular weight is 260 g/mol. The van der Waals surface area contributed by atoms with Gasteiger partial charge < -0.3 is 0 Å². The van der Waals surface area contributed by atoms with E-state index in [4.69, 9.17) is 0 Å². The Kier molecular flexibility index (Phi) is 2.71. The van der Waals surface area contributed by atoms with Crippen molar-refractivity contribution in [1.82, 2.24) is 19.3 Å². The van der Waals surface area contributed by atoms with Gasteiger partial charge in [0.25, 0.3) is 5.56 Å². The van der Waals surface area contributed by atoms with E-state index in [1.807, 2.05) is 24.6 Å². The molecule has 0 aliphatic heterocycles. The lowest BCUT2D eigenvalue weighted by molar-refractivity contribution is 0.522. The lowest BCUT2D eigenvalue weighted by atomic mass is 10.3. The predicted molar refractivity (Wildman–Crippen MR) is 70.8 cm³/mol. The molecule has 6 heteroatoms. The molecule has 0 aliphatic rings. The first kappa shape index (κ1) is 11.2. The van der Waals surface area contributed by atoms with Gasteiger partial charge in [-0.15, -0.1) is 11.3 Å². The quantitative estimate of drug-likeness (QED) is 0.719. The molecule has 18 heavy (non-hydrogen) atoms. The molecule has 3 aromatic heterocycles. The maximum Gasteiger partial charge on any atom is 0.271 e. The van der Waals surface area contributed by atoms with Crippen LogP contribution in [0.3, 0.4) is 0 Å². The fraction of sp³-hybridized carbons (Fsp3) is 0.250. The highest BCUT2D eigenvalue weighted by Gasteiger charge is 2.08. The van der Waals surface area contributed by atoms with E-state index in [1.54, 1.807) is 21.8 Å². The Morgan fingerprint density at radius 1 is 1.39 bits per heavy atom. The Morgan fingerprint density at radius 3 is 3.06 bits per heavy atom. The van der Waals surface area contributed by atoms with Gasteiger partial charge in [-0.1, -0.05) is 0 Å². The molecule has 0 aromatic carbocycles. The number of aryl methyl sites for hydroxylation is 3. The first-order chi connectivity index (χ1) is 8.75. The Bertz CT molecular complexity index is 726. The predicted octanol–water partition coefficient (Wildman–Crippen LogP) is 1.66. The summed E-state index contributed by atoms with van der Waals surface area (Å²) in [6, 6.07) is 1.87. The lowest BCUT2D eigenvalue weighted by Gasteiger charge is -2.05. The molecule has 0 spiro atoms. The lowest BCUT2D eigenvalue weighted by Crippen LogP contribution is -2.22. The van der Waals surface area contributed by atoms with E-state index in [9.17, 15) is 4.79 Å². The van der Waals surface area contributed by atoms with Crippen LogP contribution in [0.1, 0.15) is 5.56 Å². The summed E-state index contributed by atoms with van der Waals surface area (Å²) in [6.45, 7) is 3.23. The molecule has 3 aromatic rings. The highest BCUT2D eigenvalue weighted by molar-refractivity contribution is 7.17. The van der Waals surface area contributed by atoms with E-state index in [0.717, 1.165) is 15.8 Å². The molecule has 0 aliphatic carbocycles. The molecular formula is C12H12N4OS. The fourth-order valence-electron chi connectivity index (χ4n) is 1.86. The molecule has 0 fully saturated rings. The van der Waals surface area contributed by atoms with Crippen LogP contribution in [0, 0.1) is 6.92 Å². The highest BCUT2D eigenvalue weighted by atomic mass is 32.1. The molecule has 0 bridgehead atoms. The summed E-state index contributed by atoms with van der Waals surface area (Å²) >= 11 is 1.46. The van der Waals surface area contributed by atoms with Crippen LogP contribution in [0.4, 0.5) is 0 Å². The standard InChI is InChI=1S/C12H12N4OS/c1-9-7-18-11-10(9)13-8-15(12(11)17)5-6-16-4-2-3-14-16/h2-4,7-8H,5-6H2,1H3. The largest absolute Gasteiger partial charge is 0.296 e. The van der Waals surface area contributed by atoms with Gasteiger partial charge in [0.2, 0.25) is 0 Å². The fourth-order valence-corrected chi connectivity index (χ4v) is 2.81. The zero-order chi connectivity index (χ0) is 12.5. The molecule has 0 saturated heterocycles. The summed E-state index contributed by atoms with van der Waals surface area (Å²) in [5.74, 6) is 0. The number of thiophene rings is 1. The Hall–Kier alpha value is -1.95. The second kappa shape index (κ2) is 4.38. The van der Waals surface area contributed by atoms with Crippen LogP contribution in [0.15, 0.2) is 35.0 Å². The van der Waals surface area contributed by atoms with Crippen LogP contribution >= 0.6 is 11.3 Å². The maximum absolute atomic E-state index is 12.2. The number of rotatable bonds is 3. The van der Waals surface area contributed by atoms with Crippen LogP contribution in [-0.4, -0.2) is 19.3 Å². The van der Waals surface area contributed by atoms with E-state index in [2.05, 4.69) is 10.1 Å². The van der Waals surface area contributed by atoms with Gasteiger partial charge in [-0.3, -0.25) is 14.0 Å². The van der Waals surface area contributed by atoms with Gasteiger partial charge in [-0.25, -0.2) is 4.98 Å². The van der Waals surface area contributed by atoms with Gasteiger partial charge in [0.15, 0.2) is 0 Å². The van der Waals surface area contributed by atoms with Gasteiger partial charge >= 0.3 is 0 Å². The van der Waals surface area contributed by atoms with Crippen molar-refractivity contribution in [2.45, 2.75) is 20.0 Å². The zero-order valence-electron chi connectivity index (χ0n) is 9.91. The molecule has 0 amide bonds. The van der Waals surface area contributed by atoms with Gasteiger partial charge in [0.05, 0.1) is 18.4 Å². The molecule has 0 N–H and O–H groups in total. The van der Waals surface area contributed by atoms with Crippen LogP contribution in [0.5, 0.6) is 0 Å². The zero-order valence-corrected chi connectivity index (χ0v) is 10.7. The monoisotopic (exact) mass is 260 g/mol. The molecule has 0 saturated carbocycles. The summed E-state index contributed by atoms with van der Waals surface area (Å²) in [7, 11) is 0. The average Bonchev–Trinajstić information content (AvgIpc) is 2.99. The minimum absolute atomic E-state index is 0.0326. The third kappa shape index (κ3) is 1.84. The van der Waals surface area contributed by atoms with Crippen molar-refractivity contribution in [3.63, 3.8) is 0 Å². The third-order valence-corrected chi connectivity index (χ3v) is 3.93. The van der Waals surface area contributed by atoms with Crippen molar-refractivity contribution in [2.75, 3.05) is 0 Å². The van der Waals surface area contributed by atoms with E-state index in [0.29, 0.717) is 13.1 Å². The number of nitrogens with zero attached hydrogens (tertiary/aromatic N) is 4. The van der Waals surface area contributed by atoms with Crippen molar-refractivity contribution in [2.24, 2.45) is 0 Å². The maximum atomic E-state index is 12.2. The van der Waals surface area contributed by atoms with Crippen molar-refractivity contribution in [3.8, 4) is 0 Å². The normalized spacial score (nSPS) is 11.2. The van der Waals surface area contributed by atoms with Crippen molar-refractivity contribution in [1.29, 1.82) is 0 Å². The first-order valence-electron chi connectivity index (χ1n) is 5.66.